The van der Waals surface area contributed by atoms with Gasteiger partial charge in [-0.15, -0.1) is 0 Å². The van der Waals surface area contributed by atoms with Crippen LogP contribution in [0.4, 0.5) is 0 Å². The summed E-state index contributed by atoms with van der Waals surface area (Å²) in [5, 5.41) is 11.0. The maximum Gasteiger partial charge on any atom is 0.121 e. The van der Waals surface area contributed by atoms with E-state index >= 15 is 0 Å². The van der Waals surface area contributed by atoms with Gasteiger partial charge in [0, 0.05) is 22.8 Å². The second kappa shape index (κ2) is 4.08. The molecule has 2 aromatic rings. The van der Waals surface area contributed by atoms with E-state index in [0.29, 0.717) is 0 Å². The van der Waals surface area contributed by atoms with Crippen molar-refractivity contribution in [2.45, 2.75) is 18.8 Å². The van der Waals surface area contributed by atoms with E-state index in [9.17, 15) is 0 Å². The predicted molar refractivity (Wildman–Crippen MR) is 65.0 cm³/mol. The first kappa shape index (κ1) is 10.3. The molecule has 2 nitrogen and oxygen atoms in total. The Morgan fingerprint density at radius 1 is 1.40 bits per heavy atom. The van der Waals surface area contributed by atoms with Crippen molar-refractivity contribution in [2.24, 2.45) is 0 Å². The molecule has 0 unspecified atom stereocenters. The Morgan fingerprint density at radius 3 is 2.80 bits per heavy atom. The van der Waals surface area contributed by atoms with Crippen molar-refractivity contribution in [1.29, 1.82) is 5.26 Å². The SMILES string of the molecule is CCn1c(C#N)cc2cc(CBr)ccc21. The normalized spacial score (nSPS) is 10.5. The second-order valence-corrected chi connectivity index (χ2v) is 3.97. The Kier molecular flexibility index (Phi) is 2.79. The first-order valence-corrected chi connectivity index (χ1v) is 6.00. The molecule has 76 valence electrons. The lowest BCUT2D eigenvalue weighted by Gasteiger charge is -2.02. The molecular formula is C12H11BrN2. The summed E-state index contributed by atoms with van der Waals surface area (Å²) in [5.41, 5.74) is 3.11. The summed E-state index contributed by atoms with van der Waals surface area (Å²) in [5.74, 6) is 0. The van der Waals surface area contributed by atoms with Gasteiger partial charge < -0.3 is 4.57 Å². The molecule has 1 aromatic heterocycles. The average Bonchev–Trinajstić information content (AvgIpc) is 2.65. The van der Waals surface area contributed by atoms with Crippen molar-refractivity contribution in [3.05, 3.63) is 35.5 Å². The maximum atomic E-state index is 9.00. The van der Waals surface area contributed by atoms with E-state index in [2.05, 4.69) is 47.1 Å². The number of halogens is 1. The highest BCUT2D eigenvalue weighted by molar-refractivity contribution is 9.08. The van der Waals surface area contributed by atoms with Gasteiger partial charge in [-0.1, -0.05) is 22.0 Å². The summed E-state index contributed by atoms with van der Waals surface area (Å²) in [6.45, 7) is 2.89. The fourth-order valence-electron chi connectivity index (χ4n) is 1.84. The Labute approximate surface area is 97.3 Å². The van der Waals surface area contributed by atoms with Gasteiger partial charge in [0.15, 0.2) is 0 Å². The summed E-state index contributed by atoms with van der Waals surface area (Å²) >= 11 is 3.43. The van der Waals surface area contributed by atoms with Gasteiger partial charge in [-0.05, 0) is 30.7 Å². The van der Waals surface area contributed by atoms with E-state index in [1.54, 1.807) is 0 Å². The number of fused-ring (bicyclic) bond motifs is 1. The third kappa shape index (κ3) is 1.66. The number of hydrogen-bond donors (Lipinski definition) is 0. The molecule has 0 atom stereocenters. The van der Waals surface area contributed by atoms with Crippen LogP contribution in [-0.4, -0.2) is 4.57 Å². The van der Waals surface area contributed by atoms with Crippen molar-refractivity contribution in [1.82, 2.24) is 4.57 Å². The number of benzene rings is 1. The third-order valence-electron chi connectivity index (χ3n) is 2.55. The number of hydrogen-bond acceptors (Lipinski definition) is 1. The number of aromatic nitrogens is 1. The highest BCUT2D eigenvalue weighted by Crippen LogP contribution is 2.21. The highest BCUT2D eigenvalue weighted by atomic mass is 79.9. The quantitative estimate of drug-likeness (QED) is 0.763. The van der Waals surface area contributed by atoms with Crippen molar-refractivity contribution < 1.29 is 0 Å². The molecule has 0 amide bonds. The zero-order chi connectivity index (χ0) is 10.8. The molecule has 1 heterocycles. The smallest absolute Gasteiger partial charge is 0.121 e. The molecule has 0 N–H and O–H groups in total. The first-order valence-electron chi connectivity index (χ1n) is 4.88. The zero-order valence-electron chi connectivity index (χ0n) is 8.50. The second-order valence-electron chi connectivity index (χ2n) is 3.41. The van der Waals surface area contributed by atoms with Crippen molar-refractivity contribution in [2.75, 3.05) is 0 Å². The molecule has 0 bridgehead atoms. The van der Waals surface area contributed by atoms with Gasteiger partial charge in [0.1, 0.15) is 11.8 Å². The van der Waals surface area contributed by atoms with Crippen LogP contribution in [0.5, 0.6) is 0 Å². The van der Waals surface area contributed by atoms with Gasteiger partial charge in [0.25, 0.3) is 0 Å². The van der Waals surface area contributed by atoms with Crippen LogP contribution in [0.1, 0.15) is 18.2 Å². The molecule has 0 aliphatic heterocycles. The maximum absolute atomic E-state index is 9.00. The van der Waals surface area contributed by atoms with Gasteiger partial charge in [-0.25, -0.2) is 0 Å². The van der Waals surface area contributed by atoms with E-state index in [1.165, 1.54) is 5.56 Å². The first-order chi connectivity index (χ1) is 7.30. The van der Waals surface area contributed by atoms with Crippen LogP contribution in [0.25, 0.3) is 10.9 Å². The standard InChI is InChI=1S/C12H11BrN2/c1-2-15-11(8-14)6-10-5-9(7-13)3-4-12(10)15/h3-6H,2,7H2,1H3. The molecular weight excluding hydrogens is 252 g/mol. The topological polar surface area (TPSA) is 28.7 Å². The summed E-state index contributed by atoms with van der Waals surface area (Å²) in [4.78, 5) is 0. The molecule has 2 rings (SSSR count). The fraction of sp³-hybridized carbons (Fsp3) is 0.250. The molecule has 1 aromatic carbocycles. The van der Waals surface area contributed by atoms with Crippen LogP contribution in [-0.2, 0) is 11.9 Å². The van der Waals surface area contributed by atoms with Crippen molar-refractivity contribution >= 4 is 26.8 Å². The molecule has 0 saturated heterocycles. The monoisotopic (exact) mass is 262 g/mol. The Bertz CT molecular complexity index is 534. The van der Waals surface area contributed by atoms with E-state index in [1.807, 2.05) is 10.6 Å². The lowest BCUT2D eigenvalue weighted by molar-refractivity contribution is 0.786. The van der Waals surface area contributed by atoms with Gasteiger partial charge in [0.05, 0.1) is 0 Å². The van der Waals surface area contributed by atoms with Gasteiger partial charge >= 0.3 is 0 Å². The van der Waals surface area contributed by atoms with Crippen molar-refractivity contribution in [3.8, 4) is 6.07 Å². The summed E-state index contributed by atoms with van der Waals surface area (Å²) in [7, 11) is 0. The zero-order valence-corrected chi connectivity index (χ0v) is 10.1. The number of rotatable bonds is 2. The average molecular weight is 263 g/mol. The van der Waals surface area contributed by atoms with Crippen LogP contribution < -0.4 is 0 Å². The minimum Gasteiger partial charge on any atom is -0.333 e. The minimum atomic E-state index is 0.735. The Balaban J connectivity index is 2.72. The van der Waals surface area contributed by atoms with Crippen molar-refractivity contribution in [3.63, 3.8) is 0 Å². The number of nitrogens with zero attached hydrogens (tertiary/aromatic N) is 2. The molecule has 0 radical (unpaired) electrons. The van der Waals surface area contributed by atoms with Crippen LogP contribution in [0, 0.1) is 11.3 Å². The van der Waals surface area contributed by atoms with Crippen LogP contribution >= 0.6 is 15.9 Å². The van der Waals surface area contributed by atoms with E-state index in [4.69, 9.17) is 5.26 Å². The van der Waals surface area contributed by atoms with Crippen LogP contribution in [0.15, 0.2) is 24.3 Å². The van der Waals surface area contributed by atoms with Crippen LogP contribution in [0.2, 0.25) is 0 Å². The van der Waals surface area contributed by atoms with Crippen LogP contribution in [0.3, 0.4) is 0 Å². The van der Waals surface area contributed by atoms with E-state index in [-0.39, 0.29) is 0 Å². The number of aryl methyl sites for hydroxylation is 1. The molecule has 3 heteroatoms. The Morgan fingerprint density at radius 2 is 2.20 bits per heavy atom. The molecule has 0 spiro atoms. The van der Waals surface area contributed by atoms with Gasteiger partial charge in [-0.3, -0.25) is 0 Å². The highest BCUT2D eigenvalue weighted by Gasteiger charge is 2.06. The minimum absolute atomic E-state index is 0.735. The van der Waals surface area contributed by atoms with Gasteiger partial charge in [0.2, 0.25) is 0 Å². The summed E-state index contributed by atoms with van der Waals surface area (Å²) in [6.07, 6.45) is 0. The predicted octanol–water partition coefficient (Wildman–Crippen LogP) is 3.43. The molecule has 15 heavy (non-hydrogen) atoms. The van der Waals surface area contributed by atoms with E-state index < -0.39 is 0 Å². The molecule has 0 aliphatic carbocycles. The largest absolute Gasteiger partial charge is 0.333 e. The third-order valence-corrected chi connectivity index (χ3v) is 3.20. The lowest BCUT2D eigenvalue weighted by Crippen LogP contribution is -1.96. The van der Waals surface area contributed by atoms with Gasteiger partial charge in [-0.2, -0.15) is 5.26 Å². The summed E-state index contributed by atoms with van der Waals surface area (Å²) in [6, 6.07) is 10.5. The molecule has 0 saturated carbocycles. The Hall–Kier alpha value is -1.27. The molecule has 0 aliphatic rings. The summed E-state index contributed by atoms with van der Waals surface area (Å²) < 4.78 is 2.04. The number of nitriles is 1. The fourth-order valence-corrected chi connectivity index (χ4v) is 2.19. The number of alkyl halides is 1. The lowest BCUT2D eigenvalue weighted by atomic mass is 10.2. The van der Waals surface area contributed by atoms with E-state index in [0.717, 1.165) is 28.5 Å². The molecule has 0 fully saturated rings.